The highest BCUT2D eigenvalue weighted by atomic mass is 35.5. The molecule has 0 radical (unpaired) electrons. The van der Waals surface area contributed by atoms with Crippen LogP contribution in [0.25, 0.3) is 0 Å². The third kappa shape index (κ3) is 7.64. The van der Waals surface area contributed by atoms with Crippen LogP contribution in [0.3, 0.4) is 0 Å². The van der Waals surface area contributed by atoms with Gasteiger partial charge in [-0.3, -0.25) is 0 Å². The maximum atomic E-state index is 5.35. The predicted molar refractivity (Wildman–Crippen MR) is 47.8 cm³/mol. The SMILES string of the molecule is S=P(S)(S)CCCl. The van der Waals surface area contributed by atoms with Gasteiger partial charge in [0.1, 0.15) is 0 Å². The smallest absolute Gasteiger partial charge is 0.0525 e. The Balaban J connectivity index is 3.36. The van der Waals surface area contributed by atoms with E-state index in [0.717, 1.165) is 6.16 Å². The molecule has 0 aromatic heterocycles. The van der Waals surface area contributed by atoms with Crippen molar-refractivity contribution < 1.29 is 0 Å². The molecule has 0 atom stereocenters. The normalized spacial score (nSPS) is 11.9. The Morgan fingerprint density at radius 3 is 2.00 bits per heavy atom. The maximum absolute atomic E-state index is 5.35. The van der Waals surface area contributed by atoms with Crippen molar-refractivity contribution in [2.24, 2.45) is 0 Å². The van der Waals surface area contributed by atoms with Gasteiger partial charge in [-0.05, 0) is 0 Å². The molecule has 5 heteroatoms. The number of hydrogen-bond donors (Lipinski definition) is 2. The van der Waals surface area contributed by atoms with Crippen molar-refractivity contribution in [3.8, 4) is 0 Å². The maximum Gasteiger partial charge on any atom is 0.0525 e. The lowest BCUT2D eigenvalue weighted by molar-refractivity contribution is 1.54. The molecule has 0 bridgehead atoms. The molecule has 0 spiro atoms. The van der Waals surface area contributed by atoms with Crippen LogP contribution in [0, 0.1) is 0 Å². The molecule has 0 amide bonds. The number of halogens is 1. The quantitative estimate of drug-likeness (QED) is 0.385. The standard InChI is InChI=1S/C2H6ClPS3/c3-1-2-4(5,6)7/h1-2H2,(H2,5,6,7). The number of rotatable bonds is 2. The second-order valence-corrected chi connectivity index (χ2v) is 11.8. The third-order valence-corrected chi connectivity index (χ3v) is 3.38. The highest BCUT2D eigenvalue weighted by Crippen LogP contribution is 2.55. The monoisotopic (exact) mass is 192 g/mol. The van der Waals surface area contributed by atoms with Crippen molar-refractivity contribution in [3.05, 3.63) is 0 Å². The average Bonchev–Trinajstić information content (AvgIpc) is 1.30. The van der Waals surface area contributed by atoms with Gasteiger partial charge in [-0.25, -0.2) is 0 Å². The van der Waals surface area contributed by atoms with Crippen LogP contribution >= 0.6 is 40.5 Å². The number of alkyl halides is 1. The molecular weight excluding hydrogens is 187 g/mol. The van der Waals surface area contributed by atoms with E-state index in [1.165, 1.54) is 0 Å². The Labute approximate surface area is 64.3 Å². The van der Waals surface area contributed by atoms with E-state index in [4.69, 9.17) is 23.4 Å². The van der Waals surface area contributed by atoms with Crippen LogP contribution in [0.1, 0.15) is 0 Å². The zero-order valence-electron chi connectivity index (χ0n) is 3.54. The Bertz CT molecular complexity index is 86.9. The zero-order valence-corrected chi connectivity index (χ0v) is 7.80. The molecule has 0 unspecified atom stereocenters. The Kier molecular flexibility index (Phi) is 4.47. The minimum Gasteiger partial charge on any atom is -0.131 e. The van der Waals surface area contributed by atoms with Gasteiger partial charge in [0.15, 0.2) is 0 Å². The first kappa shape index (κ1) is 8.64. The van der Waals surface area contributed by atoms with Gasteiger partial charge in [-0.15, -0.1) is 36.1 Å². The van der Waals surface area contributed by atoms with Crippen molar-refractivity contribution in [1.29, 1.82) is 0 Å². The first-order chi connectivity index (χ1) is 3.06. The van der Waals surface area contributed by atoms with Crippen molar-refractivity contribution >= 4 is 52.3 Å². The molecule has 0 aliphatic carbocycles. The molecule has 0 saturated heterocycles. The topological polar surface area (TPSA) is 0 Å². The summed E-state index contributed by atoms with van der Waals surface area (Å²) in [6.45, 7) is 0. The Hall–Kier alpha value is 1.64. The van der Waals surface area contributed by atoms with E-state index in [1.807, 2.05) is 0 Å². The largest absolute Gasteiger partial charge is 0.131 e. The first-order valence-corrected chi connectivity index (χ1v) is 7.49. The summed E-state index contributed by atoms with van der Waals surface area (Å²) in [6, 6.07) is 0. The summed E-state index contributed by atoms with van der Waals surface area (Å²) in [4.78, 5) is 0. The number of thiol groups is 2. The van der Waals surface area contributed by atoms with Gasteiger partial charge in [0.05, 0.1) is 4.44 Å². The van der Waals surface area contributed by atoms with Crippen molar-refractivity contribution in [2.45, 2.75) is 0 Å². The molecule has 0 aliphatic heterocycles. The molecule has 0 heterocycles. The fourth-order valence-corrected chi connectivity index (χ4v) is 2.97. The van der Waals surface area contributed by atoms with Crippen LogP contribution in [0.4, 0.5) is 0 Å². The molecular formula is C2H6ClPS3. The lowest BCUT2D eigenvalue weighted by Gasteiger charge is -2.01. The fourth-order valence-electron chi connectivity index (χ4n) is 0.110. The highest BCUT2D eigenvalue weighted by Gasteiger charge is 2.00. The van der Waals surface area contributed by atoms with E-state index >= 15 is 0 Å². The molecule has 0 aromatic rings. The summed E-state index contributed by atoms with van der Waals surface area (Å²) in [6.07, 6.45) is 0.760. The summed E-state index contributed by atoms with van der Waals surface area (Å²) in [5.41, 5.74) is 0. The molecule has 0 aliphatic rings. The van der Waals surface area contributed by atoms with Gasteiger partial charge in [0.25, 0.3) is 0 Å². The molecule has 0 fully saturated rings. The summed E-state index contributed by atoms with van der Waals surface area (Å²) in [7, 11) is 0. The summed E-state index contributed by atoms with van der Waals surface area (Å²) < 4.78 is -1.58. The van der Waals surface area contributed by atoms with Crippen molar-refractivity contribution in [3.63, 3.8) is 0 Å². The molecule has 44 valence electrons. The van der Waals surface area contributed by atoms with Crippen molar-refractivity contribution in [2.75, 3.05) is 12.0 Å². The third-order valence-electron chi connectivity index (χ3n) is 0.376. The minimum atomic E-state index is -1.58. The van der Waals surface area contributed by atoms with Crippen LogP contribution in [0.2, 0.25) is 0 Å². The van der Waals surface area contributed by atoms with Gasteiger partial charge in [0, 0.05) is 12.0 Å². The predicted octanol–water partition coefficient (Wildman–Crippen LogP) is 2.39. The molecule has 0 N–H and O–H groups in total. The second-order valence-electron chi connectivity index (χ2n) is 1.08. The van der Waals surface area contributed by atoms with E-state index in [0.29, 0.717) is 5.88 Å². The van der Waals surface area contributed by atoms with Gasteiger partial charge in [-0.1, -0.05) is 11.8 Å². The average molecular weight is 193 g/mol. The zero-order chi connectivity index (χ0) is 5.91. The van der Waals surface area contributed by atoms with E-state index < -0.39 is 4.44 Å². The fraction of sp³-hybridized carbons (Fsp3) is 1.00. The van der Waals surface area contributed by atoms with Crippen LogP contribution < -0.4 is 0 Å². The minimum absolute atomic E-state index is 0.574. The Morgan fingerprint density at radius 2 is 2.00 bits per heavy atom. The van der Waals surface area contributed by atoms with Gasteiger partial charge < -0.3 is 0 Å². The molecule has 0 rings (SSSR count). The Morgan fingerprint density at radius 1 is 1.57 bits per heavy atom. The summed E-state index contributed by atoms with van der Waals surface area (Å²) in [5, 5.41) is 0. The lowest BCUT2D eigenvalue weighted by Crippen LogP contribution is -1.75. The van der Waals surface area contributed by atoms with Gasteiger partial charge >= 0.3 is 0 Å². The lowest BCUT2D eigenvalue weighted by atomic mass is 11.0. The van der Waals surface area contributed by atoms with E-state index in [9.17, 15) is 0 Å². The van der Waals surface area contributed by atoms with E-state index in [2.05, 4.69) is 24.5 Å². The van der Waals surface area contributed by atoms with Gasteiger partial charge in [-0.2, -0.15) is 0 Å². The summed E-state index contributed by atoms with van der Waals surface area (Å²) in [5.74, 6) is 0.574. The van der Waals surface area contributed by atoms with Crippen LogP contribution in [-0.2, 0) is 11.8 Å². The number of hydrogen-bond acceptors (Lipinski definition) is 1. The second kappa shape index (κ2) is 3.62. The van der Waals surface area contributed by atoms with Gasteiger partial charge in [0.2, 0.25) is 0 Å². The summed E-state index contributed by atoms with van der Waals surface area (Å²) >= 11 is 18.3. The van der Waals surface area contributed by atoms with Crippen LogP contribution in [-0.4, -0.2) is 12.0 Å². The molecule has 0 nitrogen and oxygen atoms in total. The van der Waals surface area contributed by atoms with Crippen molar-refractivity contribution in [1.82, 2.24) is 0 Å². The molecule has 0 saturated carbocycles. The van der Waals surface area contributed by atoms with E-state index in [-0.39, 0.29) is 0 Å². The highest BCUT2D eigenvalue weighted by molar-refractivity contribution is 8.92. The first-order valence-electron chi connectivity index (χ1n) is 1.67. The van der Waals surface area contributed by atoms with Crippen LogP contribution in [0.5, 0.6) is 0 Å². The molecule has 7 heavy (non-hydrogen) atoms. The van der Waals surface area contributed by atoms with Crippen LogP contribution in [0.15, 0.2) is 0 Å². The van der Waals surface area contributed by atoms with E-state index in [1.54, 1.807) is 0 Å². The molecule has 0 aromatic carbocycles.